The highest BCUT2D eigenvalue weighted by atomic mass is 15.3. The molecule has 0 unspecified atom stereocenters. The van der Waals surface area contributed by atoms with Crippen LogP contribution in [-0.4, -0.2) is 41.8 Å². The first-order valence-electron chi connectivity index (χ1n) is 10.4. The fourth-order valence-corrected chi connectivity index (χ4v) is 4.17. The maximum Gasteiger partial charge on any atom is 0.142 e. The van der Waals surface area contributed by atoms with Gasteiger partial charge < -0.3 is 15.5 Å². The van der Waals surface area contributed by atoms with Crippen LogP contribution < -0.4 is 5.73 Å². The summed E-state index contributed by atoms with van der Waals surface area (Å²) in [6, 6.07) is 20.4. The lowest BCUT2D eigenvalue weighted by atomic mass is 9.96. The Morgan fingerprint density at radius 3 is 2.63 bits per heavy atom. The number of nitrogens with two attached hydrogens (primary N) is 1. The van der Waals surface area contributed by atoms with Gasteiger partial charge in [0.2, 0.25) is 0 Å². The van der Waals surface area contributed by atoms with Crippen molar-refractivity contribution in [2.75, 3.05) is 20.1 Å². The molecule has 2 heterocycles. The Balaban J connectivity index is 1.83. The molecule has 1 fully saturated rings. The zero-order chi connectivity index (χ0) is 21.1. The first-order chi connectivity index (χ1) is 14.6. The Bertz CT molecular complexity index is 1040. The molecule has 1 atom stereocenters. The van der Waals surface area contributed by atoms with E-state index in [1.165, 1.54) is 0 Å². The molecule has 2 aromatic carbocycles. The first-order valence-corrected chi connectivity index (χ1v) is 10.4. The quantitative estimate of drug-likeness (QED) is 0.855. The van der Waals surface area contributed by atoms with Crippen LogP contribution in [0.5, 0.6) is 0 Å². The van der Waals surface area contributed by atoms with E-state index in [-0.39, 0.29) is 6.04 Å². The van der Waals surface area contributed by atoms with Gasteiger partial charge in [-0.3, -0.25) is 0 Å². The van der Waals surface area contributed by atoms with Crippen molar-refractivity contribution < 1.29 is 0 Å². The van der Waals surface area contributed by atoms with Gasteiger partial charge in [0.15, 0.2) is 0 Å². The zero-order valence-corrected chi connectivity index (χ0v) is 17.4. The van der Waals surface area contributed by atoms with E-state index in [9.17, 15) is 5.26 Å². The van der Waals surface area contributed by atoms with Crippen LogP contribution in [0.15, 0.2) is 83.3 Å². The zero-order valence-electron chi connectivity index (χ0n) is 17.4. The van der Waals surface area contributed by atoms with Crippen LogP contribution >= 0.6 is 0 Å². The standard InChI is InChI=1S/C25H27N5/c1-18-23(15-20-11-6-7-12-21(20)16-26)25(30-14-8-13-22(27)17-30)28-24(29(18)2)19-9-4-3-5-10-19/h3-7,9-12,22H,1,8,13-15,17,27H2,2H3/t22-/m0/s1. The van der Waals surface area contributed by atoms with Crippen LogP contribution in [0, 0.1) is 11.3 Å². The summed E-state index contributed by atoms with van der Waals surface area (Å²) in [5, 5.41) is 9.55. The van der Waals surface area contributed by atoms with E-state index >= 15 is 0 Å². The fourth-order valence-electron chi connectivity index (χ4n) is 4.17. The molecule has 152 valence electrons. The predicted molar refractivity (Wildman–Crippen MR) is 121 cm³/mol. The number of likely N-dealkylation sites (N-methyl/N-ethyl adjacent to an activating group) is 1. The van der Waals surface area contributed by atoms with Crippen molar-refractivity contribution in [3.05, 3.63) is 95.0 Å². The molecule has 4 rings (SSSR count). The van der Waals surface area contributed by atoms with E-state index < -0.39 is 0 Å². The molecule has 5 nitrogen and oxygen atoms in total. The number of aliphatic imine (C=N–C) groups is 1. The third kappa shape index (κ3) is 3.87. The minimum Gasteiger partial charge on any atom is -0.355 e. The summed E-state index contributed by atoms with van der Waals surface area (Å²) in [7, 11) is 2.00. The number of allylic oxidation sites excluding steroid dienone is 1. The van der Waals surface area contributed by atoms with E-state index in [2.05, 4.69) is 29.7 Å². The third-order valence-corrected chi connectivity index (χ3v) is 5.85. The number of rotatable bonds is 4. The summed E-state index contributed by atoms with van der Waals surface area (Å²) in [6.07, 6.45) is 2.69. The van der Waals surface area contributed by atoms with Crippen LogP contribution in [0.4, 0.5) is 0 Å². The highest BCUT2D eigenvalue weighted by Crippen LogP contribution is 2.32. The second-order valence-electron chi connectivity index (χ2n) is 7.90. The molecule has 2 aliphatic heterocycles. The van der Waals surface area contributed by atoms with Crippen molar-refractivity contribution in [2.24, 2.45) is 10.7 Å². The number of benzene rings is 2. The van der Waals surface area contributed by atoms with Crippen molar-refractivity contribution in [1.29, 1.82) is 5.26 Å². The minimum absolute atomic E-state index is 0.141. The van der Waals surface area contributed by atoms with Crippen LogP contribution in [0.25, 0.3) is 0 Å². The third-order valence-electron chi connectivity index (χ3n) is 5.85. The van der Waals surface area contributed by atoms with Crippen molar-refractivity contribution >= 4 is 5.84 Å². The maximum absolute atomic E-state index is 9.55. The molecule has 5 heteroatoms. The van der Waals surface area contributed by atoms with E-state index in [0.29, 0.717) is 12.0 Å². The number of hydrogen-bond donors (Lipinski definition) is 1. The lowest BCUT2D eigenvalue weighted by Gasteiger charge is -2.38. The van der Waals surface area contributed by atoms with Gasteiger partial charge in [0, 0.05) is 49.4 Å². The molecule has 2 N–H and O–H groups in total. The van der Waals surface area contributed by atoms with Crippen molar-refractivity contribution in [3.63, 3.8) is 0 Å². The maximum atomic E-state index is 9.55. The Morgan fingerprint density at radius 1 is 1.17 bits per heavy atom. The Morgan fingerprint density at radius 2 is 1.90 bits per heavy atom. The number of piperidine rings is 1. The molecule has 0 aromatic heterocycles. The highest BCUT2D eigenvalue weighted by Gasteiger charge is 2.29. The summed E-state index contributed by atoms with van der Waals surface area (Å²) in [5.41, 5.74) is 11.0. The average Bonchev–Trinajstić information content (AvgIpc) is 2.78. The topological polar surface area (TPSA) is 68.6 Å². The first kappa shape index (κ1) is 19.9. The molecular formula is C25H27N5. The smallest absolute Gasteiger partial charge is 0.142 e. The Hall–Kier alpha value is -3.36. The van der Waals surface area contributed by atoms with Crippen LogP contribution in [0.3, 0.4) is 0 Å². The van der Waals surface area contributed by atoms with Gasteiger partial charge in [-0.25, -0.2) is 4.99 Å². The molecule has 1 saturated heterocycles. The highest BCUT2D eigenvalue weighted by molar-refractivity contribution is 6.01. The largest absolute Gasteiger partial charge is 0.355 e. The monoisotopic (exact) mass is 397 g/mol. The number of amidine groups is 1. The van der Waals surface area contributed by atoms with Crippen molar-refractivity contribution in [1.82, 2.24) is 9.80 Å². The van der Waals surface area contributed by atoms with E-state index in [1.54, 1.807) is 0 Å². The van der Waals surface area contributed by atoms with Crippen molar-refractivity contribution in [2.45, 2.75) is 25.3 Å². The number of likely N-dealkylation sites (tertiary alicyclic amines) is 1. The number of hydrogen-bond acceptors (Lipinski definition) is 5. The average molecular weight is 398 g/mol. The van der Waals surface area contributed by atoms with Crippen LogP contribution in [0.1, 0.15) is 29.5 Å². The summed E-state index contributed by atoms with van der Waals surface area (Å²) >= 11 is 0. The molecule has 30 heavy (non-hydrogen) atoms. The number of nitriles is 1. The van der Waals surface area contributed by atoms with Gasteiger partial charge in [0.25, 0.3) is 0 Å². The molecule has 0 spiro atoms. The Kier molecular flexibility index (Phi) is 5.69. The van der Waals surface area contributed by atoms with Crippen LogP contribution in [0.2, 0.25) is 0 Å². The molecule has 0 radical (unpaired) electrons. The van der Waals surface area contributed by atoms with Gasteiger partial charge >= 0.3 is 0 Å². The van der Waals surface area contributed by atoms with E-state index in [4.69, 9.17) is 10.7 Å². The summed E-state index contributed by atoms with van der Waals surface area (Å²) in [6.45, 7) is 6.12. The molecule has 0 aliphatic carbocycles. The number of nitrogens with zero attached hydrogens (tertiary/aromatic N) is 4. The predicted octanol–water partition coefficient (Wildman–Crippen LogP) is 3.64. The molecule has 2 aliphatic rings. The van der Waals surface area contributed by atoms with Crippen LogP contribution in [-0.2, 0) is 6.42 Å². The fraction of sp³-hybridized carbons (Fsp3) is 0.280. The molecule has 0 saturated carbocycles. The molecule has 0 bridgehead atoms. The lowest BCUT2D eigenvalue weighted by Crippen LogP contribution is -2.44. The second-order valence-corrected chi connectivity index (χ2v) is 7.90. The summed E-state index contributed by atoms with van der Waals surface area (Å²) < 4.78 is 0. The Labute approximate surface area is 178 Å². The van der Waals surface area contributed by atoms with Gasteiger partial charge in [-0.1, -0.05) is 55.1 Å². The molecule has 2 aromatic rings. The van der Waals surface area contributed by atoms with E-state index in [1.807, 2.05) is 54.4 Å². The summed E-state index contributed by atoms with van der Waals surface area (Å²) in [4.78, 5) is 9.46. The normalized spacial score (nSPS) is 19.6. The lowest BCUT2D eigenvalue weighted by molar-refractivity contribution is 0.253. The SMILES string of the molecule is C=C1C(Cc2ccccc2C#N)=C(N2CCC[C@H](N)C2)N=C(c2ccccc2)N1C. The van der Waals surface area contributed by atoms with E-state index in [0.717, 1.165) is 60.0 Å². The van der Waals surface area contributed by atoms with Gasteiger partial charge in [-0.05, 0) is 24.5 Å². The van der Waals surface area contributed by atoms with Gasteiger partial charge in [-0.15, -0.1) is 0 Å². The summed E-state index contributed by atoms with van der Waals surface area (Å²) in [5.74, 6) is 1.81. The second kappa shape index (κ2) is 8.56. The molecular weight excluding hydrogens is 370 g/mol. The molecule has 0 amide bonds. The van der Waals surface area contributed by atoms with Gasteiger partial charge in [-0.2, -0.15) is 5.26 Å². The van der Waals surface area contributed by atoms with Crippen molar-refractivity contribution in [3.8, 4) is 6.07 Å². The minimum atomic E-state index is 0.141. The van der Waals surface area contributed by atoms with Gasteiger partial charge in [0.05, 0.1) is 11.6 Å². The van der Waals surface area contributed by atoms with Gasteiger partial charge in [0.1, 0.15) is 11.7 Å².